The zero-order valence-electron chi connectivity index (χ0n) is 15.5. The van der Waals surface area contributed by atoms with E-state index >= 15 is 0 Å². The smallest absolute Gasteiger partial charge is 0.352 e. The fourth-order valence-corrected chi connectivity index (χ4v) is 3.53. The topological polar surface area (TPSA) is 64.0 Å². The molecule has 0 radical (unpaired) electrons. The average Bonchev–Trinajstić information content (AvgIpc) is 2.67. The number of hydrogen-bond donors (Lipinski definition) is 1. The highest BCUT2D eigenvalue weighted by Gasteiger charge is 2.31. The lowest BCUT2D eigenvalue weighted by Crippen LogP contribution is -2.36. The number of carbonyl (C=O) groups excluding carboxylic acids is 1. The molecular formula is C21H15F4N3O2. The number of nitrogens with zero attached hydrogens (tertiary/aromatic N) is 2. The molecule has 154 valence electrons. The van der Waals surface area contributed by atoms with Crippen LogP contribution in [0.2, 0.25) is 0 Å². The van der Waals surface area contributed by atoms with Crippen LogP contribution in [-0.2, 0) is 19.0 Å². The van der Waals surface area contributed by atoms with Gasteiger partial charge in [0.25, 0.3) is 11.5 Å². The van der Waals surface area contributed by atoms with Crippen LogP contribution in [0.25, 0.3) is 5.69 Å². The normalized spacial score (nSPS) is 13.7. The molecule has 0 unspecified atom stereocenters. The zero-order valence-corrected chi connectivity index (χ0v) is 15.5. The summed E-state index contributed by atoms with van der Waals surface area (Å²) < 4.78 is 53.9. The van der Waals surface area contributed by atoms with E-state index in [0.29, 0.717) is 41.7 Å². The van der Waals surface area contributed by atoms with Crippen LogP contribution < -0.4 is 10.9 Å². The number of alkyl halides is 3. The van der Waals surface area contributed by atoms with E-state index in [-0.39, 0.29) is 23.5 Å². The summed E-state index contributed by atoms with van der Waals surface area (Å²) in [5.41, 5.74) is 0.417. The van der Waals surface area contributed by atoms with E-state index in [2.05, 4.69) is 10.3 Å². The predicted octanol–water partition coefficient (Wildman–Crippen LogP) is 3.27. The molecule has 1 amide bonds. The van der Waals surface area contributed by atoms with Gasteiger partial charge in [-0.25, -0.2) is 4.39 Å². The number of hydrogen-bond acceptors (Lipinski definition) is 3. The van der Waals surface area contributed by atoms with Gasteiger partial charge < -0.3 is 5.32 Å². The van der Waals surface area contributed by atoms with Crippen LogP contribution in [0.3, 0.4) is 0 Å². The molecule has 0 saturated carbocycles. The van der Waals surface area contributed by atoms with Crippen LogP contribution in [0.4, 0.5) is 17.6 Å². The number of carbonyl (C=O) groups is 1. The highest BCUT2D eigenvalue weighted by atomic mass is 19.4. The molecule has 3 heterocycles. The Morgan fingerprint density at radius 1 is 1.07 bits per heavy atom. The molecule has 1 aliphatic rings. The van der Waals surface area contributed by atoms with Crippen LogP contribution in [0.15, 0.2) is 53.5 Å². The number of halogens is 4. The van der Waals surface area contributed by atoms with Gasteiger partial charge in [0.2, 0.25) is 0 Å². The quantitative estimate of drug-likeness (QED) is 0.666. The average molecular weight is 417 g/mol. The maximum absolute atomic E-state index is 13.7. The summed E-state index contributed by atoms with van der Waals surface area (Å²) in [6, 6.07) is 8.20. The molecule has 0 saturated heterocycles. The summed E-state index contributed by atoms with van der Waals surface area (Å²) in [5, 5.41) is 2.71. The molecule has 2 aromatic heterocycles. The van der Waals surface area contributed by atoms with Crippen molar-refractivity contribution in [3.63, 3.8) is 0 Å². The SMILES string of the molecule is O=C1NCCc2c1ccc(=O)n2-c1ccnc(Cc2cc(F)cc(C(F)(F)F)c2)c1. The third-order valence-corrected chi connectivity index (χ3v) is 4.81. The van der Waals surface area contributed by atoms with Gasteiger partial charge in [-0.1, -0.05) is 0 Å². The number of nitrogens with one attached hydrogen (secondary N) is 1. The lowest BCUT2D eigenvalue weighted by atomic mass is 10.0. The summed E-state index contributed by atoms with van der Waals surface area (Å²) in [6.07, 6.45) is -2.85. The lowest BCUT2D eigenvalue weighted by molar-refractivity contribution is -0.137. The van der Waals surface area contributed by atoms with Gasteiger partial charge in [-0.2, -0.15) is 13.2 Å². The Kier molecular flexibility index (Phi) is 4.89. The molecule has 4 rings (SSSR count). The van der Waals surface area contributed by atoms with Crippen molar-refractivity contribution in [2.75, 3.05) is 6.54 Å². The van der Waals surface area contributed by atoms with Gasteiger partial charge in [0.15, 0.2) is 0 Å². The Bertz CT molecular complexity index is 1200. The fourth-order valence-electron chi connectivity index (χ4n) is 3.53. The summed E-state index contributed by atoms with van der Waals surface area (Å²) in [7, 11) is 0. The van der Waals surface area contributed by atoms with Gasteiger partial charge in [0, 0.05) is 43.0 Å². The van der Waals surface area contributed by atoms with Crippen molar-refractivity contribution in [3.8, 4) is 5.69 Å². The minimum absolute atomic E-state index is 0.0566. The van der Waals surface area contributed by atoms with E-state index in [0.717, 1.165) is 12.1 Å². The lowest BCUT2D eigenvalue weighted by Gasteiger charge is -2.21. The van der Waals surface area contributed by atoms with E-state index in [9.17, 15) is 27.2 Å². The second-order valence-corrected chi connectivity index (χ2v) is 6.90. The number of pyridine rings is 2. The van der Waals surface area contributed by atoms with E-state index < -0.39 is 17.6 Å². The number of rotatable bonds is 3. The maximum atomic E-state index is 13.7. The summed E-state index contributed by atoms with van der Waals surface area (Å²) >= 11 is 0. The molecule has 0 fully saturated rings. The Labute approximate surface area is 168 Å². The first kappa shape index (κ1) is 19.8. The number of benzene rings is 1. The van der Waals surface area contributed by atoms with Crippen LogP contribution in [0.1, 0.15) is 32.9 Å². The third-order valence-electron chi connectivity index (χ3n) is 4.81. The Morgan fingerprint density at radius 2 is 1.87 bits per heavy atom. The monoisotopic (exact) mass is 417 g/mol. The summed E-state index contributed by atoms with van der Waals surface area (Å²) in [5.74, 6) is -1.27. The molecule has 5 nitrogen and oxygen atoms in total. The van der Waals surface area contributed by atoms with Gasteiger partial charge in [-0.15, -0.1) is 0 Å². The van der Waals surface area contributed by atoms with Crippen molar-refractivity contribution < 1.29 is 22.4 Å². The summed E-state index contributed by atoms with van der Waals surface area (Å²) in [6.45, 7) is 0.386. The molecule has 1 aromatic carbocycles. The van der Waals surface area contributed by atoms with Crippen LogP contribution >= 0.6 is 0 Å². The first-order valence-electron chi connectivity index (χ1n) is 9.07. The minimum atomic E-state index is -4.66. The summed E-state index contributed by atoms with van der Waals surface area (Å²) in [4.78, 5) is 28.7. The molecule has 0 atom stereocenters. The second kappa shape index (κ2) is 7.40. The Morgan fingerprint density at radius 3 is 2.63 bits per heavy atom. The standard InChI is InChI=1S/C21H15F4N3O2/c22-14-8-12(7-13(10-14)21(23,24)25)9-15-11-16(3-5-26-15)28-18-4-6-27-20(30)17(18)1-2-19(28)29/h1-3,5,7-8,10-11H,4,6,9H2,(H,27,30). The number of amides is 1. The van der Waals surface area contributed by atoms with E-state index in [1.807, 2.05) is 0 Å². The highest BCUT2D eigenvalue weighted by Crippen LogP contribution is 2.31. The van der Waals surface area contributed by atoms with E-state index in [1.54, 1.807) is 12.1 Å². The van der Waals surface area contributed by atoms with Gasteiger partial charge in [-0.05, 0) is 42.0 Å². The number of fused-ring (bicyclic) bond motifs is 1. The zero-order chi connectivity index (χ0) is 21.5. The molecule has 3 aromatic rings. The van der Waals surface area contributed by atoms with E-state index in [1.165, 1.54) is 22.9 Å². The van der Waals surface area contributed by atoms with Gasteiger partial charge >= 0.3 is 6.18 Å². The van der Waals surface area contributed by atoms with Crippen molar-refractivity contribution in [1.82, 2.24) is 14.9 Å². The largest absolute Gasteiger partial charge is 0.416 e. The van der Waals surface area contributed by atoms with Crippen LogP contribution in [0, 0.1) is 5.82 Å². The Hall–Kier alpha value is -3.49. The van der Waals surface area contributed by atoms with Crippen molar-refractivity contribution in [1.29, 1.82) is 0 Å². The molecule has 0 spiro atoms. The van der Waals surface area contributed by atoms with Crippen LogP contribution in [0.5, 0.6) is 0 Å². The fraction of sp³-hybridized carbons (Fsp3) is 0.190. The number of aromatic nitrogens is 2. The van der Waals surface area contributed by atoms with Crippen molar-refractivity contribution in [2.24, 2.45) is 0 Å². The predicted molar refractivity (Wildman–Crippen MR) is 100 cm³/mol. The van der Waals surface area contributed by atoms with Gasteiger partial charge in [-0.3, -0.25) is 19.1 Å². The van der Waals surface area contributed by atoms with Crippen molar-refractivity contribution in [2.45, 2.75) is 19.0 Å². The van der Waals surface area contributed by atoms with E-state index in [4.69, 9.17) is 0 Å². The minimum Gasteiger partial charge on any atom is -0.352 e. The van der Waals surface area contributed by atoms with Gasteiger partial charge in [0.1, 0.15) is 5.82 Å². The molecule has 0 aliphatic carbocycles. The maximum Gasteiger partial charge on any atom is 0.416 e. The second-order valence-electron chi connectivity index (χ2n) is 6.90. The van der Waals surface area contributed by atoms with Crippen molar-refractivity contribution in [3.05, 3.63) is 92.9 Å². The Balaban J connectivity index is 1.74. The van der Waals surface area contributed by atoms with Gasteiger partial charge in [0.05, 0.1) is 16.8 Å². The molecule has 30 heavy (non-hydrogen) atoms. The molecule has 0 bridgehead atoms. The molecule has 1 N–H and O–H groups in total. The first-order chi connectivity index (χ1) is 14.2. The van der Waals surface area contributed by atoms with Crippen molar-refractivity contribution >= 4 is 5.91 Å². The highest BCUT2D eigenvalue weighted by molar-refractivity contribution is 5.96. The van der Waals surface area contributed by atoms with Crippen LogP contribution in [-0.4, -0.2) is 22.0 Å². The third kappa shape index (κ3) is 3.83. The molecular weight excluding hydrogens is 402 g/mol. The first-order valence-corrected chi connectivity index (χ1v) is 9.07. The molecule has 1 aliphatic heterocycles. The molecule has 9 heteroatoms.